The summed E-state index contributed by atoms with van der Waals surface area (Å²) in [6.45, 7) is 5.82. The van der Waals surface area contributed by atoms with Gasteiger partial charge in [-0.05, 0) is 29.5 Å². The molecule has 0 fully saturated rings. The molecule has 1 nitrogen and oxygen atoms in total. The van der Waals surface area contributed by atoms with Crippen LogP contribution < -0.4 is 5.73 Å². The van der Waals surface area contributed by atoms with E-state index < -0.39 is 23.6 Å². The Labute approximate surface area is 104 Å². The topological polar surface area (TPSA) is 26.0 Å². The summed E-state index contributed by atoms with van der Waals surface area (Å²) in [5.41, 5.74) is 5.06. The molecule has 18 heavy (non-hydrogen) atoms. The van der Waals surface area contributed by atoms with Crippen LogP contribution >= 0.6 is 0 Å². The minimum Gasteiger partial charge on any atom is -0.324 e. The van der Waals surface area contributed by atoms with Crippen molar-refractivity contribution in [2.75, 3.05) is 0 Å². The van der Waals surface area contributed by atoms with E-state index in [1.165, 1.54) is 6.07 Å². The zero-order valence-corrected chi connectivity index (χ0v) is 10.6. The molecule has 102 valence electrons. The van der Waals surface area contributed by atoms with Crippen molar-refractivity contribution in [1.82, 2.24) is 0 Å². The van der Waals surface area contributed by atoms with Crippen LogP contribution in [0.15, 0.2) is 18.2 Å². The molecule has 2 atom stereocenters. The molecule has 0 heterocycles. The van der Waals surface area contributed by atoms with E-state index in [0.29, 0.717) is 5.56 Å². The maximum absolute atomic E-state index is 13.4. The summed E-state index contributed by atoms with van der Waals surface area (Å²) in [5.74, 6) is -0.946. The van der Waals surface area contributed by atoms with Crippen molar-refractivity contribution in [1.29, 1.82) is 0 Å². The molecule has 0 bridgehead atoms. The van der Waals surface area contributed by atoms with Gasteiger partial charge in [-0.15, -0.1) is 0 Å². The molecule has 0 aromatic heterocycles. The summed E-state index contributed by atoms with van der Waals surface area (Å²) in [5, 5.41) is 0. The van der Waals surface area contributed by atoms with Crippen LogP contribution in [-0.2, 0) is 6.18 Å². The molecule has 0 aliphatic carbocycles. The Hall–Kier alpha value is -1.10. The van der Waals surface area contributed by atoms with Crippen molar-refractivity contribution in [2.24, 2.45) is 17.6 Å². The summed E-state index contributed by atoms with van der Waals surface area (Å²) in [6.07, 6.45) is -4.67. The van der Waals surface area contributed by atoms with Crippen LogP contribution in [0.3, 0.4) is 0 Å². The maximum Gasteiger partial charge on any atom is 0.419 e. The van der Waals surface area contributed by atoms with Gasteiger partial charge in [-0.3, -0.25) is 0 Å². The van der Waals surface area contributed by atoms with Gasteiger partial charge in [0.05, 0.1) is 5.56 Å². The first-order chi connectivity index (χ1) is 8.14. The lowest BCUT2D eigenvalue weighted by molar-refractivity contribution is -0.140. The molecule has 1 aromatic rings. The number of benzene rings is 1. The number of halogens is 4. The molecular weight excluding hydrogens is 246 g/mol. The van der Waals surface area contributed by atoms with Crippen molar-refractivity contribution in [3.8, 4) is 0 Å². The zero-order valence-electron chi connectivity index (χ0n) is 10.6. The number of rotatable bonds is 3. The molecular formula is C13H17F4N. The van der Waals surface area contributed by atoms with Crippen LogP contribution in [0.25, 0.3) is 0 Å². The van der Waals surface area contributed by atoms with E-state index in [-0.39, 0.29) is 11.8 Å². The van der Waals surface area contributed by atoms with Crippen molar-refractivity contribution in [3.05, 3.63) is 35.1 Å². The van der Waals surface area contributed by atoms with Gasteiger partial charge >= 0.3 is 6.18 Å². The molecule has 1 aromatic carbocycles. The van der Waals surface area contributed by atoms with Crippen LogP contribution in [0.2, 0.25) is 0 Å². The molecule has 2 unspecified atom stereocenters. The molecule has 2 N–H and O–H groups in total. The highest BCUT2D eigenvalue weighted by molar-refractivity contribution is 5.28. The molecule has 0 spiro atoms. The minimum atomic E-state index is -4.67. The highest BCUT2D eigenvalue weighted by Crippen LogP contribution is 2.33. The third kappa shape index (κ3) is 3.22. The fraction of sp³-hybridized carbons (Fsp3) is 0.538. The van der Waals surface area contributed by atoms with E-state index >= 15 is 0 Å². The fourth-order valence-electron chi connectivity index (χ4n) is 1.69. The van der Waals surface area contributed by atoms with E-state index in [0.717, 1.165) is 12.1 Å². The molecule has 0 saturated heterocycles. The molecule has 0 radical (unpaired) electrons. The lowest BCUT2D eigenvalue weighted by Gasteiger charge is -2.24. The Kier molecular flexibility index (Phi) is 4.37. The highest BCUT2D eigenvalue weighted by Gasteiger charge is 2.34. The van der Waals surface area contributed by atoms with Gasteiger partial charge in [0.1, 0.15) is 5.82 Å². The van der Waals surface area contributed by atoms with E-state index in [2.05, 4.69) is 0 Å². The second-order valence-corrected chi connectivity index (χ2v) is 4.87. The Morgan fingerprint density at radius 2 is 1.67 bits per heavy atom. The summed E-state index contributed by atoms with van der Waals surface area (Å²) >= 11 is 0. The first kappa shape index (κ1) is 15.0. The van der Waals surface area contributed by atoms with Gasteiger partial charge in [0, 0.05) is 6.04 Å². The quantitative estimate of drug-likeness (QED) is 0.815. The summed E-state index contributed by atoms with van der Waals surface area (Å²) in [7, 11) is 0. The molecule has 0 aliphatic rings. The lowest BCUT2D eigenvalue weighted by Crippen LogP contribution is -2.23. The average molecular weight is 263 g/mol. The molecule has 5 heteroatoms. The van der Waals surface area contributed by atoms with Crippen LogP contribution in [-0.4, -0.2) is 0 Å². The molecule has 1 rings (SSSR count). The SMILES string of the molecule is CC(C)C(C)C(N)c1ccc(C(F)(F)F)c(F)c1. The number of hydrogen-bond acceptors (Lipinski definition) is 1. The normalized spacial score (nSPS) is 15.8. The third-order valence-electron chi connectivity index (χ3n) is 3.30. The van der Waals surface area contributed by atoms with Crippen molar-refractivity contribution in [3.63, 3.8) is 0 Å². The minimum absolute atomic E-state index is 0.0566. The van der Waals surface area contributed by atoms with Crippen LogP contribution in [0, 0.1) is 17.7 Å². The van der Waals surface area contributed by atoms with Gasteiger partial charge < -0.3 is 5.73 Å². The van der Waals surface area contributed by atoms with Crippen LogP contribution in [0.1, 0.15) is 37.9 Å². The third-order valence-corrected chi connectivity index (χ3v) is 3.30. The Morgan fingerprint density at radius 1 is 1.11 bits per heavy atom. The van der Waals surface area contributed by atoms with Gasteiger partial charge in [0.15, 0.2) is 0 Å². The summed E-state index contributed by atoms with van der Waals surface area (Å²) in [6, 6.07) is 2.40. The lowest BCUT2D eigenvalue weighted by atomic mass is 9.86. The molecule has 0 aliphatic heterocycles. The first-order valence-electron chi connectivity index (χ1n) is 5.76. The second kappa shape index (κ2) is 5.26. The monoisotopic (exact) mass is 263 g/mol. The zero-order chi connectivity index (χ0) is 14.1. The predicted molar refractivity (Wildman–Crippen MR) is 62.3 cm³/mol. The van der Waals surface area contributed by atoms with Gasteiger partial charge in [-0.2, -0.15) is 13.2 Å². The maximum atomic E-state index is 13.4. The largest absolute Gasteiger partial charge is 0.419 e. The Balaban J connectivity index is 3.05. The number of hydrogen-bond donors (Lipinski definition) is 1. The van der Waals surface area contributed by atoms with E-state index in [1.807, 2.05) is 20.8 Å². The van der Waals surface area contributed by atoms with Crippen LogP contribution in [0.5, 0.6) is 0 Å². The van der Waals surface area contributed by atoms with E-state index in [4.69, 9.17) is 5.73 Å². The standard InChI is InChI=1S/C13H17F4N/c1-7(2)8(3)12(18)9-4-5-10(11(14)6-9)13(15,16)17/h4-8,12H,18H2,1-3H3. The van der Waals surface area contributed by atoms with E-state index in [9.17, 15) is 17.6 Å². The first-order valence-corrected chi connectivity index (χ1v) is 5.76. The van der Waals surface area contributed by atoms with Crippen molar-refractivity contribution in [2.45, 2.75) is 33.0 Å². The Morgan fingerprint density at radius 3 is 2.06 bits per heavy atom. The number of alkyl halides is 3. The smallest absolute Gasteiger partial charge is 0.324 e. The fourth-order valence-corrected chi connectivity index (χ4v) is 1.69. The highest BCUT2D eigenvalue weighted by atomic mass is 19.4. The summed E-state index contributed by atoms with van der Waals surface area (Å²) in [4.78, 5) is 0. The van der Waals surface area contributed by atoms with Crippen LogP contribution in [0.4, 0.5) is 17.6 Å². The van der Waals surface area contributed by atoms with Gasteiger partial charge in [0.2, 0.25) is 0 Å². The van der Waals surface area contributed by atoms with E-state index in [1.54, 1.807) is 0 Å². The van der Waals surface area contributed by atoms with Crippen molar-refractivity contribution < 1.29 is 17.6 Å². The predicted octanol–water partition coefficient (Wildman–Crippen LogP) is 4.14. The molecule has 0 amide bonds. The second-order valence-electron chi connectivity index (χ2n) is 4.87. The van der Waals surface area contributed by atoms with Gasteiger partial charge in [-0.1, -0.05) is 26.8 Å². The molecule has 0 saturated carbocycles. The van der Waals surface area contributed by atoms with Gasteiger partial charge in [-0.25, -0.2) is 4.39 Å². The summed E-state index contributed by atoms with van der Waals surface area (Å²) < 4.78 is 50.6. The number of nitrogens with two attached hydrogens (primary N) is 1. The average Bonchev–Trinajstić information content (AvgIpc) is 2.24. The Bertz CT molecular complexity index is 412. The van der Waals surface area contributed by atoms with Gasteiger partial charge in [0.25, 0.3) is 0 Å². The van der Waals surface area contributed by atoms with Crippen molar-refractivity contribution >= 4 is 0 Å².